The van der Waals surface area contributed by atoms with Gasteiger partial charge in [-0.2, -0.15) is 0 Å². The van der Waals surface area contributed by atoms with Crippen LogP contribution in [0.4, 0.5) is 0 Å². The van der Waals surface area contributed by atoms with Crippen LogP contribution >= 0.6 is 24.6 Å². The van der Waals surface area contributed by atoms with Crippen molar-refractivity contribution in [1.29, 1.82) is 0 Å². The van der Waals surface area contributed by atoms with Gasteiger partial charge < -0.3 is 9.79 Å². The molecule has 0 atom stereocenters. The lowest BCUT2D eigenvalue weighted by Crippen LogP contribution is -1.82. The van der Waals surface area contributed by atoms with Crippen LogP contribution in [0.25, 0.3) is 0 Å². The molecule has 0 aromatic carbocycles. The Balaban J connectivity index is 0. The lowest BCUT2D eigenvalue weighted by atomic mass is 10.6. The molecule has 8 heavy (non-hydrogen) atoms. The van der Waals surface area contributed by atoms with Crippen LogP contribution in [0.5, 0.6) is 0 Å². The zero-order valence-electron chi connectivity index (χ0n) is 4.57. The first-order valence-electron chi connectivity index (χ1n) is 2.11. The van der Waals surface area contributed by atoms with Crippen LogP contribution in [0, 0.1) is 0 Å². The molecule has 0 aromatic rings. The van der Waals surface area contributed by atoms with Gasteiger partial charge in [-0.25, -0.2) is 0 Å². The minimum atomic E-state index is -3.67. The molecule has 3 nitrogen and oxygen atoms in total. The quantitative estimate of drug-likeness (QED) is 0.664. The highest BCUT2D eigenvalue weighted by Gasteiger charge is 2.08. The SMILES string of the molecule is Br.CCCP(=O)(O)O. The Bertz CT molecular complexity index is 88.5. The van der Waals surface area contributed by atoms with Crippen LogP contribution in [0.15, 0.2) is 0 Å². The summed E-state index contributed by atoms with van der Waals surface area (Å²) in [5.74, 6) is 0. The van der Waals surface area contributed by atoms with Crippen molar-refractivity contribution in [2.75, 3.05) is 6.16 Å². The van der Waals surface area contributed by atoms with E-state index in [1.807, 2.05) is 0 Å². The Morgan fingerprint density at radius 3 is 1.88 bits per heavy atom. The van der Waals surface area contributed by atoms with E-state index >= 15 is 0 Å². The van der Waals surface area contributed by atoms with E-state index in [0.29, 0.717) is 6.42 Å². The monoisotopic (exact) mass is 204 g/mol. The molecule has 0 aromatic heterocycles. The number of hydrogen-bond acceptors (Lipinski definition) is 1. The van der Waals surface area contributed by atoms with E-state index in [1.54, 1.807) is 6.92 Å². The maximum atomic E-state index is 9.93. The number of hydrogen-bond donors (Lipinski definition) is 2. The maximum absolute atomic E-state index is 9.93. The molecule has 0 aliphatic heterocycles. The summed E-state index contributed by atoms with van der Waals surface area (Å²) in [6.07, 6.45) is 0.553. The van der Waals surface area contributed by atoms with Crippen LogP contribution in [0.2, 0.25) is 0 Å². The van der Waals surface area contributed by atoms with Crippen molar-refractivity contribution in [3.63, 3.8) is 0 Å². The fourth-order valence-corrected chi connectivity index (χ4v) is 0.874. The van der Waals surface area contributed by atoms with Crippen molar-refractivity contribution in [2.24, 2.45) is 0 Å². The zero-order valence-corrected chi connectivity index (χ0v) is 7.18. The number of halogens is 1. The van der Waals surface area contributed by atoms with Crippen LogP contribution in [-0.2, 0) is 4.57 Å². The smallest absolute Gasteiger partial charge is 0.324 e. The van der Waals surface area contributed by atoms with Gasteiger partial charge in [-0.3, -0.25) is 4.57 Å². The van der Waals surface area contributed by atoms with Crippen LogP contribution < -0.4 is 0 Å². The van der Waals surface area contributed by atoms with Gasteiger partial charge in [0.05, 0.1) is 0 Å². The second-order valence-corrected chi connectivity index (χ2v) is 3.16. The highest BCUT2D eigenvalue weighted by atomic mass is 79.9. The lowest BCUT2D eigenvalue weighted by molar-refractivity contribution is 0.372. The van der Waals surface area contributed by atoms with Gasteiger partial charge in [-0.1, -0.05) is 6.92 Å². The van der Waals surface area contributed by atoms with Crippen molar-refractivity contribution in [1.82, 2.24) is 0 Å². The molecule has 0 rings (SSSR count). The maximum Gasteiger partial charge on any atom is 0.325 e. The molecule has 0 unspecified atom stereocenters. The highest BCUT2D eigenvalue weighted by molar-refractivity contribution is 8.93. The molecule has 0 saturated heterocycles. The Morgan fingerprint density at radius 2 is 1.88 bits per heavy atom. The first-order chi connectivity index (χ1) is 3.06. The molecule has 5 heteroatoms. The summed E-state index contributed by atoms with van der Waals surface area (Å²) in [6, 6.07) is 0. The first-order valence-corrected chi connectivity index (χ1v) is 3.90. The molecule has 0 aliphatic rings. The van der Waals surface area contributed by atoms with Crippen molar-refractivity contribution >= 4 is 24.6 Å². The average Bonchev–Trinajstić information content (AvgIpc) is 1.30. The normalized spacial score (nSPS) is 10.4. The average molecular weight is 205 g/mol. The van der Waals surface area contributed by atoms with Gasteiger partial charge >= 0.3 is 7.60 Å². The summed E-state index contributed by atoms with van der Waals surface area (Å²) in [5.41, 5.74) is 0. The molecule has 2 N–H and O–H groups in total. The van der Waals surface area contributed by atoms with Crippen molar-refractivity contribution < 1.29 is 14.4 Å². The molecule has 0 fully saturated rings. The van der Waals surface area contributed by atoms with Gasteiger partial charge in [0, 0.05) is 6.16 Å². The summed E-state index contributed by atoms with van der Waals surface area (Å²) in [7, 11) is -3.67. The lowest BCUT2D eigenvalue weighted by Gasteiger charge is -1.96. The van der Waals surface area contributed by atoms with Crippen molar-refractivity contribution in [3.05, 3.63) is 0 Å². The van der Waals surface area contributed by atoms with E-state index in [2.05, 4.69) is 0 Å². The molecule has 0 saturated carbocycles. The Kier molecular flexibility index (Phi) is 6.43. The molecule has 0 heterocycles. The van der Waals surface area contributed by atoms with E-state index in [9.17, 15) is 4.57 Å². The predicted molar refractivity (Wildman–Crippen MR) is 37.5 cm³/mol. The van der Waals surface area contributed by atoms with E-state index in [1.165, 1.54) is 0 Å². The van der Waals surface area contributed by atoms with Gasteiger partial charge in [-0.05, 0) is 6.42 Å². The minimum Gasteiger partial charge on any atom is -0.324 e. The molecular weight excluding hydrogens is 195 g/mol. The van der Waals surface area contributed by atoms with Crippen molar-refractivity contribution in [2.45, 2.75) is 13.3 Å². The van der Waals surface area contributed by atoms with Gasteiger partial charge in [0.2, 0.25) is 0 Å². The van der Waals surface area contributed by atoms with E-state index in [0.717, 1.165) is 0 Å². The second-order valence-electron chi connectivity index (χ2n) is 1.39. The van der Waals surface area contributed by atoms with Gasteiger partial charge in [0.1, 0.15) is 0 Å². The third-order valence-electron chi connectivity index (χ3n) is 0.515. The first kappa shape index (κ1) is 11.4. The fraction of sp³-hybridized carbons (Fsp3) is 1.00. The minimum absolute atomic E-state index is 0. The zero-order chi connectivity index (χ0) is 5.91. The van der Waals surface area contributed by atoms with Gasteiger partial charge in [0.25, 0.3) is 0 Å². The molecule has 52 valence electrons. The highest BCUT2D eigenvalue weighted by Crippen LogP contribution is 2.34. The summed E-state index contributed by atoms with van der Waals surface area (Å²) in [4.78, 5) is 16.3. The summed E-state index contributed by atoms with van der Waals surface area (Å²) < 4.78 is 9.93. The second kappa shape index (κ2) is 4.50. The van der Waals surface area contributed by atoms with E-state index in [4.69, 9.17) is 9.79 Å². The van der Waals surface area contributed by atoms with Crippen LogP contribution in [0.3, 0.4) is 0 Å². The van der Waals surface area contributed by atoms with Crippen LogP contribution in [-0.4, -0.2) is 15.9 Å². The van der Waals surface area contributed by atoms with Gasteiger partial charge in [0.15, 0.2) is 0 Å². The molecular formula is C3H10BrO3P. The van der Waals surface area contributed by atoms with Crippen LogP contribution in [0.1, 0.15) is 13.3 Å². The third kappa shape index (κ3) is 9.80. The summed E-state index contributed by atoms with van der Waals surface area (Å²) >= 11 is 0. The topological polar surface area (TPSA) is 57.5 Å². The third-order valence-corrected chi connectivity index (χ3v) is 1.54. The number of rotatable bonds is 2. The predicted octanol–water partition coefficient (Wildman–Crippen LogP) is 1.15. The van der Waals surface area contributed by atoms with Gasteiger partial charge in [-0.15, -0.1) is 17.0 Å². The molecule has 0 amide bonds. The van der Waals surface area contributed by atoms with E-state index < -0.39 is 7.60 Å². The van der Waals surface area contributed by atoms with Crippen molar-refractivity contribution in [3.8, 4) is 0 Å². The molecule has 0 radical (unpaired) electrons. The molecule has 0 aliphatic carbocycles. The molecule has 0 spiro atoms. The Morgan fingerprint density at radius 1 is 1.50 bits per heavy atom. The molecule has 0 bridgehead atoms. The summed E-state index contributed by atoms with van der Waals surface area (Å²) in [6.45, 7) is 1.74. The fourth-order valence-electron chi connectivity index (χ4n) is 0.291. The largest absolute Gasteiger partial charge is 0.325 e. The summed E-state index contributed by atoms with van der Waals surface area (Å²) in [5, 5.41) is 0. The Hall–Kier alpha value is 0.630. The van der Waals surface area contributed by atoms with E-state index in [-0.39, 0.29) is 23.1 Å². The standard InChI is InChI=1S/C3H9O3P.BrH/c1-2-3-7(4,5)6;/h2-3H2,1H3,(H2,4,5,6);1H. The Labute approximate surface area is 59.0 Å².